The molecule has 0 aliphatic carbocycles. The van der Waals surface area contributed by atoms with Crippen molar-refractivity contribution in [2.75, 3.05) is 18.0 Å². The summed E-state index contributed by atoms with van der Waals surface area (Å²) in [7, 11) is 1.93. The average molecular weight is 285 g/mol. The molecule has 1 N–H and O–H groups in total. The van der Waals surface area contributed by atoms with Gasteiger partial charge in [-0.25, -0.2) is 0 Å². The summed E-state index contributed by atoms with van der Waals surface area (Å²) in [6.07, 6.45) is 3.27. The zero-order valence-electron chi connectivity index (χ0n) is 12.1. The molecule has 0 spiro atoms. The third-order valence-electron chi connectivity index (χ3n) is 4.15. The van der Waals surface area contributed by atoms with Gasteiger partial charge < -0.3 is 10.0 Å². The van der Waals surface area contributed by atoms with Crippen molar-refractivity contribution in [1.29, 1.82) is 0 Å². The Morgan fingerprint density at radius 2 is 2.19 bits per heavy atom. The van der Waals surface area contributed by atoms with Gasteiger partial charge in [0, 0.05) is 44.1 Å². The van der Waals surface area contributed by atoms with Gasteiger partial charge in [0.15, 0.2) is 0 Å². The van der Waals surface area contributed by atoms with Crippen molar-refractivity contribution in [2.24, 2.45) is 13.0 Å². The molecule has 1 atom stereocenters. The van der Waals surface area contributed by atoms with Gasteiger partial charge in [0.1, 0.15) is 0 Å². The van der Waals surface area contributed by atoms with Crippen LogP contribution < -0.4 is 4.90 Å². The summed E-state index contributed by atoms with van der Waals surface area (Å²) in [5.41, 5.74) is 3.45. The number of nitrogens with zero attached hydrogens (tertiary/aromatic N) is 3. The number of anilines is 1. The second kappa shape index (κ2) is 5.60. The van der Waals surface area contributed by atoms with E-state index in [-0.39, 0.29) is 5.92 Å². The normalized spacial score (nSPS) is 17.6. The molecule has 0 saturated carbocycles. The fourth-order valence-electron chi connectivity index (χ4n) is 2.96. The first-order valence-corrected chi connectivity index (χ1v) is 7.17. The number of rotatable bonds is 4. The number of hydrogen-bond donors (Lipinski definition) is 1. The van der Waals surface area contributed by atoms with Gasteiger partial charge in [0.2, 0.25) is 0 Å². The number of carboxylic acid groups (broad SMARTS) is 1. The van der Waals surface area contributed by atoms with Crippen molar-refractivity contribution >= 4 is 11.7 Å². The number of carbonyl (C=O) groups is 1. The smallest absolute Gasteiger partial charge is 0.308 e. The Bertz CT molecular complexity index is 650. The molecule has 1 aliphatic rings. The lowest BCUT2D eigenvalue weighted by Crippen LogP contribution is -2.40. The summed E-state index contributed by atoms with van der Waals surface area (Å²) < 4.78 is 1.87. The van der Waals surface area contributed by atoms with Crippen molar-refractivity contribution < 1.29 is 9.90 Å². The quantitative estimate of drug-likeness (QED) is 0.929. The van der Waals surface area contributed by atoms with Crippen LogP contribution in [0.1, 0.15) is 11.3 Å². The predicted molar refractivity (Wildman–Crippen MR) is 80.4 cm³/mol. The highest BCUT2D eigenvalue weighted by molar-refractivity contribution is 5.73. The summed E-state index contributed by atoms with van der Waals surface area (Å²) >= 11 is 0. The molecule has 5 heteroatoms. The van der Waals surface area contributed by atoms with Gasteiger partial charge in [-0.15, -0.1) is 0 Å². The zero-order valence-corrected chi connectivity index (χ0v) is 12.1. The predicted octanol–water partition coefficient (Wildman–Crippen LogP) is 1.73. The van der Waals surface area contributed by atoms with Crippen molar-refractivity contribution in [3.05, 3.63) is 47.8 Å². The van der Waals surface area contributed by atoms with E-state index in [1.807, 2.05) is 36.0 Å². The lowest BCUT2D eigenvalue weighted by atomic mass is 9.92. The maximum Gasteiger partial charge on any atom is 0.308 e. The number of carboxylic acids is 1. The fourth-order valence-corrected chi connectivity index (χ4v) is 2.96. The van der Waals surface area contributed by atoms with Gasteiger partial charge in [-0.05, 0) is 24.1 Å². The first-order valence-electron chi connectivity index (χ1n) is 7.17. The van der Waals surface area contributed by atoms with E-state index in [4.69, 9.17) is 0 Å². The summed E-state index contributed by atoms with van der Waals surface area (Å²) in [5, 5.41) is 13.5. The zero-order chi connectivity index (χ0) is 14.8. The molecular formula is C16H19N3O2. The van der Waals surface area contributed by atoms with E-state index in [9.17, 15) is 9.90 Å². The SMILES string of the molecule is Cn1nccc1CCN1CC(C(=O)O)Cc2ccccc21. The molecule has 0 radical (unpaired) electrons. The van der Waals surface area contributed by atoms with E-state index in [0.717, 1.165) is 29.9 Å². The van der Waals surface area contributed by atoms with Crippen LogP contribution in [0.2, 0.25) is 0 Å². The molecule has 3 rings (SSSR count). The number of para-hydroxylation sites is 1. The molecule has 0 fully saturated rings. The molecule has 21 heavy (non-hydrogen) atoms. The van der Waals surface area contributed by atoms with Crippen LogP contribution >= 0.6 is 0 Å². The van der Waals surface area contributed by atoms with E-state index in [2.05, 4.69) is 16.1 Å². The molecular weight excluding hydrogens is 266 g/mol. The maximum absolute atomic E-state index is 11.4. The average Bonchev–Trinajstić information content (AvgIpc) is 2.89. The van der Waals surface area contributed by atoms with E-state index in [1.165, 1.54) is 0 Å². The Morgan fingerprint density at radius 1 is 1.38 bits per heavy atom. The Kier molecular flexibility index (Phi) is 3.64. The molecule has 5 nitrogen and oxygen atoms in total. The highest BCUT2D eigenvalue weighted by Crippen LogP contribution is 2.29. The van der Waals surface area contributed by atoms with Gasteiger partial charge in [0.05, 0.1) is 5.92 Å². The van der Waals surface area contributed by atoms with Crippen LogP contribution in [-0.4, -0.2) is 33.9 Å². The van der Waals surface area contributed by atoms with Crippen LogP contribution in [-0.2, 0) is 24.7 Å². The van der Waals surface area contributed by atoms with E-state index in [0.29, 0.717) is 13.0 Å². The van der Waals surface area contributed by atoms with Gasteiger partial charge in [-0.1, -0.05) is 18.2 Å². The molecule has 1 unspecified atom stereocenters. The topological polar surface area (TPSA) is 58.4 Å². The molecule has 0 bridgehead atoms. The molecule has 1 aliphatic heterocycles. The minimum Gasteiger partial charge on any atom is -0.481 e. The Balaban J connectivity index is 1.80. The number of benzene rings is 1. The van der Waals surface area contributed by atoms with Crippen molar-refractivity contribution in [3.8, 4) is 0 Å². The van der Waals surface area contributed by atoms with Crippen LogP contribution in [0.3, 0.4) is 0 Å². The lowest BCUT2D eigenvalue weighted by Gasteiger charge is -2.34. The summed E-state index contributed by atoms with van der Waals surface area (Å²) in [4.78, 5) is 13.5. The Labute approximate surface area is 123 Å². The number of fused-ring (bicyclic) bond motifs is 1. The number of aliphatic carboxylic acids is 1. The van der Waals surface area contributed by atoms with Crippen molar-refractivity contribution in [3.63, 3.8) is 0 Å². The summed E-state index contributed by atoms with van der Waals surface area (Å²) in [6.45, 7) is 1.38. The van der Waals surface area contributed by atoms with Gasteiger partial charge in [0.25, 0.3) is 0 Å². The standard InChI is InChI=1S/C16H19N3O2/c1-18-14(6-8-17-18)7-9-19-11-13(16(20)21)10-12-4-2-3-5-15(12)19/h2-6,8,13H,7,9-11H2,1H3,(H,20,21). The molecule has 2 aromatic rings. The molecule has 2 heterocycles. The molecule has 0 saturated heterocycles. The number of aryl methyl sites for hydroxylation is 1. The fraction of sp³-hybridized carbons (Fsp3) is 0.375. The Hall–Kier alpha value is -2.30. The molecule has 1 aromatic carbocycles. The van der Waals surface area contributed by atoms with E-state index < -0.39 is 5.97 Å². The second-order valence-electron chi connectivity index (χ2n) is 5.51. The molecule has 1 aromatic heterocycles. The Morgan fingerprint density at radius 3 is 2.90 bits per heavy atom. The van der Waals surface area contributed by atoms with Crippen LogP contribution in [0.5, 0.6) is 0 Å². The van der Waals surface area contributed by atoms with Crippen molar-refractivity contribution in [2.45, 2.75) is 12.8 Å². The van der Waals surface area contributed by atoms with Gasteiger partial charge in [-0.2, -0.15) is 5.10 Å². The van der Waals surface area contributed by atoms with E-state index in [1.54, 1.807) is 6.20 Å². The van der Waals surface area contributed by atoms with Crippen molar-refractivity contribution in [1.82, 2.24) is 9.78 Å². The highest BCUT2D eigenvalue weighted by Gasteiger charge is 2.28. The van der Waals surface area contributed by atoms with Crippen LogP contribution in [0.4, 0.5) is 5.69 Å². The lowest BCUT2D eigenvalue weighted by molar-refractivity contribution is -0.141. The maximum atomic E-state index is 11.4. The monoisotopic (exact) mass is 285 g/mol. The first kappa shape index (κ1) is 13.7. The van der Waals surface area contributed by atoms with Crippen LogP contribution in [0.25, 0.3) is 0 Å². The molecule has 110 valence electrons. The minimum absolute atomic E-state index is 0.327. The summed E-state index contributed by atoms with van der Waals surface area (Å²) in [6, 6.07) is 10.1. The van der Waals surface area contributed by atoms with Gasteiger partial charge in [-0.3, -0.25) is 9.48 Å². The number of hydrogen-bond acceptors (Lipinski definition) is 3. The van der Waals surface area contributed by atoms with Crippen LogP contribution in [0, 0.1) is 5.92 Å². The van der Waals surface area contributed by atoms with Crippen LogP contribution in [0.15, 0.2) is 36.5 Å². The first-order chi connectivity index (χ1) is 10.1. The third-order valence-corrected chi connectivity index (χ3v) is 4.15. The highest BCUT2D eigenvalue weighted by atomic mass is 16.4. The van der Waals surface area contributed by atoms with Gasteiger partial charge >= 0.3 is 5.97 Å². The molecule has 0 amide bonds. The number of aromatic nitrogens is 2. The minimum atomic E-state index is -0.713. The summed E-state index contributed by atoms with van der Waals surface area (Å²) in [5.74, 6) is -1.04. The van der Waals surface area contributed by atoms with E-state index >= 15 is 0 Å². The third kappa shape index (κ3) is 2.77. The second-order valence-corrected chi connectivity index (χ2v) is 5.51. The largest absolute Gasteiger partial charge is 0.481 e.